The van der Waals surface area contributed by atoms with E-state index in [-0.39, 0.29) is 13.2 Å². The summed E-state index contributed by atoms with van der Waals surface area (Å²) in [6.45, 7) is 1.93. The summed E-state index contributed by atoms with van der Waals surface area (Å²) in [5.41, 5.74) is 2.11. The molecule has 1 aromatic heterocycles. The third-order valence-electron chi connectivity index (χ3n) is 2.86. The lowest BCUT2D eigenvalue weighted by Crippen LogP contribution is -2.05. The fourth-order valence-electron chi connectivity index (χ4n) is 1.81. The van der Waals surface area contributed by atoms with Gasteiger partial charge in [0, 0.05) is 17.6 Å². The molecular weight excluding hydrogens is 287 g/mol. The second kappa shape index (κ2) is 5.82. The minimum Gasteiger partial charge on any atom is -0.487 e. The molecule has 2 aromatic rings. The summed E-state index contributed by atoms with van der Waals surface area (Å²) in [5.74, 6) is 0.546. The van der Waals surface area contributed by atoms with E-state index in [9.17, 15) is 5.11 Å². The molecule has 1 aromatic carbocycles. The minimum atomic E-state index is -0.173. The van der Waals surface area contributed by atoms with Gasteiger partial charge in [0.25, 0.3) is 0 Å². The van der Waals surface area contributed by atoms with E-state index in [0.29, 0.717) is 21.4 Å². The monoisotopic (exact) mass is 300 g/mol. The van der Waals surface area contributed by atoms with Gasteiger partial charge in [0.2, 0.25) is 0 Å². The van der Waals surface area contributed by atoms with E-state index in [1.165, 1.54) is 0 Å². The highest BCUT2D eigenvalue weighted by molar-refractivity contribution is 6.32. The Morgan fingerprint density at radius 2 is 2.11 bits per heavy atom. The Bertz CT molecular complexity index is 597. The lowest BCUT2D eigenvalue weighted by molar-refractivity contribution is 0.255. The van der Waals surface area contributed by atoms with Crippen LogP contribution in [0.2, 0.25) is 10.0 Å². The highest BCUT2D eigenvalue weighted by Crippen LogP contribution is 2.28. The third kappa shape index (κ3) is 2.86. The molecule has 0 aliphatic heterocycles. The van der Waals surface area contributed by atoms with E-state index in [0.717, 1.165) is 11.4 Å². The number of ether oxygens (including phenoxy) is 1. The van der Waals surface area contributed by atoms with Gasteiger partial charge in [-0.3, -0.25) is 4.68 Å². The molecule has 19 heavy (non-hydrogen) atoms. The van der Waals surface area contributed by atoms with Crippen LogP contribution in [-0.2, 0) is 20.3 Å². The number of nitrogens with zero attached hydrogens (tertiary/aromatic N) is 2. The quantitative estimate of drug-likeness (QED) is 0.944. The van der Waals surface area contributed by atoms with Gasteiger partial charge in [-0.1, -0.05) is 29.3 Å². The van der Waals surface area contributed by atoms with Crippen LogP contribution < -0.4 is 4.74 Å². The van der Waals surface area contributed by atoms with Gasteiger partial charge >= 0.3 is 0 Å². The number of hydrogen-bond donors (Lipinski definition) is 1. The zero-order valence-electron chi connectivity index (χ0n) is 10.7. The topological polar surface area (TPSA) is 47.3 Å². The maximum Gasteiger partial charge on any atom is 0.131 e. The Morgan fingerprint density at radius 3 is 2.68 bits per heavy atom. The van der Waals surface area contributed by atoms with Crippen molar-refractivity contribution in [2.75, 3.05) is 0 Å². The lowest BCUT2D eigenvalue weighted by Gasteiger charge is -2.11. The Kier molecular flexibility index (Phi) is 4.34. The number of aliphatic hydroxyl groups excluding tert-OH is 1. The van der Waals surface area contributed by atoms with Crippen LogP contribution in [0.25, 0.3) is 0 Å². The molecule has 0 amide bonds. The number of aromatic nitrogens is 2. The molecule has 2 rings (SSSR count). The number of benzene rings is 1. The highest BCUT2D eigenvalue weighted by atomic mass is 35.5. The summed E-state index contributed by atoms with van der Waals surface area (Å²) in [4.78, 5) is 0. The highest BCUT2D eigenvalue weighted by Gasteiger charge is 2.13. The smallest absolute Gasteiger partial charge is 0.131 e. The molecule has 4 nitrogen and oxygen atoms in total. The first-order valence-corrected chi connectivity index (χ1v) is 6.49. The lowest BCUT2D eigenvalue weighted by atomic mass is 10.2. The minimum absolute atomic E-state index is 0.173. The SMILES string of the molecule is Cc1nn(C)c(COc2cccc(Cl)c2CO)c1Cl. The summed E-state index contributed by atoms with van der Waals surface area (Å²) in [6, 6.07) is 5.24. The molecular formula is C13H14Cl2N2O2. The van der Waals surface area contributed by atoms with E-state index in [1.807, 2.05) is 14.0 Å². The average Bonchev–Trinajstić information content (AvgIpc) is 2.61. The number of hydrogen-bond acceptors (Lipinski definition) is 3. The predicted molar refractivity (Wildman–Crippen MR) is 74.7 cm³/mol. The maximum atomic E-state index is 9.30. The van der Waals surface area contributed by atoms with Crippen LogP contribution in [-0.4, -0.2) is 14.9 Å². The summed E-state index contributed by atoms with van der Waals surface area (Å²) in [7, 11) is 1.81. The fraction of sp³-hybridized carbons (Fsp3) is 0.308. The van der Waals surface area contributed by atoms with E-state index in [2.05, 4.69) is 5.10 Å². The molecule has 0 radical (unpaired) electrons. The van der Waals surface area contributed by atoms with E-state index >= 15 is 0 Å². The van der Waals surface area contributed by atoms with Crippen molar-refractivity contribution in [3.05, 3.63) is 45.2 Å². The third-order valence-corrected chi connectivity index (χ3v) is 3.71. The molecule has 0 aliphatic rings. The van der Waals surface area contributed by atoms with Gasteiger partial charge in [-0.15, -0.1) is 0 Å². The van der Waals surface area contributed by atoms with Crippen molar-refractivity contribution in [1.82, 2.24) is 9.78 Å². The molecule has 0 fully saturated rings. The number of halogens is 2. The van der Waals surface area contributed by atoms with Crippen LogP contribution >= 0.6 is 23.2 Å². The van der Waals surface area contributed by atoms with Gasteiger partial charge in [0.1, 0.15) is 12.4 Å². The second-order valence-electron chi connectivity index (χ2n) is 4.13. The number of rotatable bonds is 4. The number of aryl methyl sites for hydroxylation is 2. The van der Waals surface area contributed by atoms with Crippen LogP contribution in [0.4, 0.5) is 0 Å². The zero-order valence-corrected chi connectivity index (χ0v) is 12.2. The molecule has 102 valence electrons. The van der Waals surface area contributed by atoms with Gasteiger partial charge in [0.15, 0.2) is 0 Å². The molecule has 0 unspecified atom stereocenters. The van der Waals surface area contributed by atoms with Gasteiger partial charge in [0.05, 0.1) is 23.0 Å². The first-order valence-electron chi connectivity index (χ1n) is 5.73. The van der Waals surface area contributed by atoms with Crippen molar-refractivity contribution in [1.29, 1.82) is 0 Å². The van der Waals surface area contributed by atoms with Crippen molar-refractivity contribution in [2.24, 2.45) is 7.05 Å². The molecule has 0 bridgehead atoms. The predicted octanol–water partition coefficient (Wildman–Crippen LogP) is 3.11. The molecule has 0 atom stereocenters. The first kappa shape index (κ1) is 14.2. The summed E-state index contributed by atoms with van der Waals surface area (Å²) in [5, 5.41) is 14.6. The van der Waals surface area contributed by atoms with Crippen molar-refractivity contribution < 1.29 is 9.84 Å². The molecule has 0 saturated heterocycles. The second-order valence-corrected chi connectivity index (χ2v) is 4.92. The van der Waals surface area contributed by atoms with Gasteiger partial charge in [-0.2, -0.15) is 5.10 Å². The number of aliphatic hydroxyl groups is 1. The van der Waals surface area contributed by atoms with Crippen LogP contribution in [0.5, 0.6) is 5.75 Å². The van der Waals surface area contributed by atoms with E-state index in [1.54, 1.807) is 22.9 Å². The van der Waals surface area contributed by atoms with E-state index < -0.39 is 0 Å². The zero-order chi connectivity index (χ0) is 14.0. The van der Waals surface area contributed by atoms with E-state index in [4.69, 9.17) is 27.9 Å². The molecule has 0 spiro atoms. The summed E-state index contributed by atoms with van der Waals surface area (Å²) in [6.07, 6.45) is 0. The maximum absolute atomic E-state index is 9.30. The van der Waals surface area contributed by atoms with Gasteiger partial charge in [-0.25, -0.2) is 0 Å². The largest absolute Gasteiger partial charge is 0.487 e. The Labute approximate surface area is 121 Å². The first-order chi connectivity index (χ1) is 9.04. The van der Waals surface area contributed by atoms with Crippen molar-refractivity contribution in [3.63, 3.8) is 0 Å². The summed E-state index contributed by atoms with van der Waals surface area (Å²) >= 11 is 12.1. The average molecular weight is 301 g/mol. The van der Waals surface area contributed by atoms with Crippen molar-refractivity contribution >= 4 is 23.2 Å². The van der Waals surface area contributed by atoms with Crippen LogP contribution in [0.1, 0.15) is 17.0 Å². The van der Waals surface area contributed by atoms with Gasteiger partial charge < -0.3 is 9.84 Å². The van der Waals surface area contributed by atoms with Crippen LogP contribution in [0.15, 0.2) is 18.2 Å². The Hall–Kier alpha value is -1.23. The molecule has 6 heteroatoms. The normalized spacial score (nSPS) is 10.8. The molecule has 1 heterocycles. The Morgan fingerprint density at radius 1 is 1.37 bits per heavy atom. The standard InChI is InChI=1S/C13H14Cl2N2O2/c1-8-13(15)11(17(2)16-8)7-19-12-5-3-4-10(14)9(12)6-18/h3-5,18H,6-7H2,1-2H3. The summed E-state index contributed by atoms with van der Waals surface area (Å²) < 4.78 is 7.36. The molecule has 0 aliphatic carbocycles. The van der Waals surface area contributed by atoms with Gasteiger partial charge in [-0.05, 0) is 19.1 Å². The van der Waals surface area contributed by atoms with Crippen molar-refractivity contribution in [3.8, 4) is 5.75 Å². The molecule has 0 saturated carbocycles. The Balaban J connectivity index is 2.21. The fourth-order valence-corrected chi connectivity index (χ4v) is 2.25. The van der Waals surface area contributed by atoms with Crippen LogP contribution in [0.3, 0.4) is 0 Å². The van der Waals surface area contributed by atoms with Crippen LogP contribution in [0, 0.1) is 6.92 Å². The van der Waals surface area contributed by atoms with Crippen molar-refractivity contribution in [2.45, 2.75) is 20.1 Å². The molecule has 1 N–H and O–H groups in total.